The molecule has 4 fully saturated rings. The molecular formula is C50H76N2O5. The predicted molar refractivity (Wildman–Crippen MR) is 230 cm³/mol. The SMILES string of the molecule is CCCCO[C@@H]1CC[C@@]2(C)[C@@H](C1)C[C@@H](OCCCNC(=O)OCC1c3ccccc3-c3ccccc31)[C@@H]1[C@@H]2C[C@H](OCCCC)[C@]2(C)[C@@H]([C@H](C)CCCN)CC[C@@H]12. The molecule has 1 amide bonds. The highest BCUT2D eigenvalue weighted by Gasteiger charge is 2.66. The van der Waals surface area contributed by atoms with Gasteiger partial charge in [-0.05, 0) is 147 Å². The Bertz CT molecular complexity index is 1550. The molecule has 2 aromatic carbocycles. The molecule has 7 nitrogen and oxygen atoms in total. The molecule has 57 heavy (non-hydrogen) atoms. The third-order valence-corrected chi connectivity index (χ3v) is 16.2. The smallest absolute Gasteiger partial charge is 0.407 e. The van der Waals surface area contributed by atoms with Crippen LogP contribution in [0.4, 0.5) is 4.79 Å². The molecule has 0 aromatic heterocycles. The van der Waals surface area contributed by atoms with Gasteiger partial charge in [-0.25, -0.2) is 4.79 Å². The number of rotatable bonds is 19. The summed E-state index contributed by atoms with van der Waals surface area (Å²) >= 11 is 0. The minimum absolute atomic E-state index is 0.0597. The van der Waals surface area contributed by atoms with Crippen LogP contribution in [0.5, 0.6) is 0 Å². The van der Waals surface area contributed by atoms with Crippen LogP contribution in [0, 0.1) is 46.3 Å². The van der Waals surface area contributed by atoms with E-state index in [-0.39, 0.29) is 28.9 Å². The van der Waals surface area contributed by atoms with Crippen molar-refractivity contribution in [2.45, 2.75) is 149 Å². The second-order valence-corrected chi connectivity index (χ2v) is 19.3. The average molecular weight is 785 g/mol. The molecule has 0 aliphatic heterocycles. The Morgan fingerprint density at radius 2 is 1.51 bits per heavy atom. The Balaban J connectivity index is 1.02. The minimum Gasteiger partial charge on any atom is -0.449 e. The van der Waals surface area contributed by atoms with Gasteiger partial charge in [0.25, 0.3) is 0 Å². The van der Waals surface area contributed by atoms with Gasteiger partial charge in [-0.2, -0.15) is 0 Å². The van der Waals surface area contributed by atoms with Crippen LogP contribution >= 0.6 is 0 Å². The lowest BCUT2D eigenvalue weighted by molar-refractivity contribution is -0.227. The van der Waals surface area contributed by atoms with Gasteiger partial charge in [-0.3, -0.25) is 0 Å². The second-order valence-electron chi connectivity index (χ2n) is 19.3. The van der Waals surface area contributed by atoms with Crippen molar-refractivity contribution in [2.24, 2.45) is 52.1 Å². The number of ether oxygens (including phenoxy) is 4. The maximum atomic E-state index is 13.0. The highest BCUT2D eigenvalue weighted by atomic mass is 16.5. The number of hydrogen-bond acceptors (Lipinski definition) is 6. The van der Waals surface area contributed by atoms with E-state index >= 15 is 0 Å². The van der Waals surface area contributed by atoms with Gasteiger partial charge in [0.15, 0.2) is 0 Å². The van der Waals surface area contributed by atoms with Gasteiger partial charge in [-0.15, -0.1) is 0 Å². The van der Waals surface area contributed by atoms with Gasteiger partial charge >= 0.3 is 6.09 Å². The Kier molecular flexibility index (Phi) is 14.4. The van der Waals surface area contributed by atoms with E-state index < -0.39 is 0 Å². The Labute approximate surface area is 345 Å². The highest BCUT2D eigenvalue weighted by molar-refractivity contribution is 5.79. The fraction of sp³-hybridized carbons (Fsp3) is 0.740. The molecule has 0 spiro atoms. The molecule has 3 N–H and O–H groups in total. The summed E-state index contributed by atoms with van der Waals surface area (Å²) in [6.45, 7) is 16.3. The number of benzene rings is 2. The highest BCUT2D eigenvalue weighted by Crippen LogP contribution is 2.69. The molecule has 0 radical (unpaired) electrons. The largest absolute Gasteiger partial charge is 0.449 e. The standard InChI is InChI=1S/C50H76N2O5/c1-6-8-27-54-36-23-24-49(4)35(30-36)31-45(47-43-22-21-42(34(3)16-14-25-51)50(43,5)46(32-44(47)49)56-28-9-7-2)55-29-15-26-52-48(53)57-33-41-39-19-12-10-17-37(39)38-18-11-13-20-40(38)41/h10-13,17-20,34-36,41-47H,6-9,14-16,21-33,51H2,1-5H3,(H,52,53)/t34-,35+,36-,42-,43+,44+,45-,46+,47+,49+,50-/m1/s1. The fourth-order valence-electron chi connectivity index (χ4n) is 13.2. The second kappa shape index (κ2) is 19.3. The lowest BCUT2D eigenvalue weighted by atomic mass is 9.43. The van der Waals surface area contributed by atoms with E-state index in [0.29, 0.717) is 67.5 Å². The molecule has 7 rings (SSSR count). The van der Waals surface area contributed by atoms with Gasteiger partial charge in [0.05, 0.1) is 18.3 Å². The Morgan fingerprint density at radius 3 is 2.21 bits per heavy atom. The first-order valence-corrected chi connectivity index (χ1v) is 23.4. The number of carbonyl (C=O) groups excluding carboxylic acids is 1. The third-order valence-electron chi connectivity index (χ3n) is 16.2. The number of carbonyl (C=O) groups is 1. The molecule has 7 heteroatoms. The molecule has 0 bridgehead atoms. The summed E-state index contributed by atoms with van der Waals surface area (Å²) in [4.78, 5) is 13.0. The zero-order valence-corrected chi connectivity index (χ0v) is 36.2. The maximum Gasteiger partial charge on any atom is 0.407 e. The van der Waals surface area contributed by atoms with Crippen molar-refractivity contribution in [3.8, 4) is 11.1 Å². The molecule has 11 atom stereocenters. The van der Waals surface area contributed by atoms with Crippen molar-refractivity contribution in [1.82, 2.24) is 5.32 Å². The average Bonchev–Trinajstić information content (AvgIpc) is 3.74. The predicted octanol–water partition coefficient (Wildman–Crippen LogP) is 10.9. The summed E-state index contributed by atoms with van der Waals surface area (Å²) in [5, 5.41) is 3.06. The first-order chi connectivity index (χ1) is 27.7. The quantitative estimate of drug-likeness (QED) is 0.138. The van der Waals surface area contributed by atoms with Crippen molar-refractivity contribution in [1.29, 1.82) is 0 Å². The first kappa shape index (κ1) is 42.7. The summed E-state index contributed by atoms with van der Waals surface area (Å²) < 4.78 is 26.6. The van der Waals surface area contributed by atoms with Crippen LogP contribution in [0.15, 0.2) is 48.5 Å². The Morgan fingerprint density at radius 1 is 0.825 bits per heavy atom. The van der Waals surface area contributed by atoms with E-state index in [1.165, 1.54) is 67.2 Å². The molecule has 2 aromatic rings. The number of fused-ring (bicyclic) bond motifs is 8. The van der Waals surface area contributed by atoms with Crippen LogP contribution in [0.3, 0.4) is 0 Å². The number of unbranched alkanes of at least 4 members (excludes halogenated alkanes) is 2. The summed E-state index contributed by atoms with van der Waals surface area (Å²) in [7, 11) is 0. The van der Waals surface area contributed by atoms with Crippen molar-refractivity contribution < 1.29 is 23.7 Å². The molecule has 5 aliphatic rings. The number of alkyl carbamates (subject to hydrolysis) is 1. The lowest BCUT2D eigenvalue weighted by Crippen LogP contribution is -2.63. The van der Waals surface area contributed by atoms with Crippen LogP contribution in [0.25, 0.3) is 11.1 Å². The monoisotopic (exact) mass is 785 g/mol. The van der Waals surface area contributed by atoms with Crippen molar-refractivity contribution in [3.05, 3.63) is 59.7 Å². The summed E-state index contributed by atoms with van der Waals surface area (Å²) in [6, 6.07) is 17.0. The van der Waals surface area contributed by atoms with E-state index in [1.54, 1.807) is 0 Å². The van der Waals surface area contributed by atoms with Crippen LogP contribution in [-0.4, -0.2) is 63.9 Å². The number of nitrogens with two attached hydrogens (primary N) is 1. The molecule has 316 valence electrons. The van der Waals surface area contributed by atoms with Crippen molar-refractivity contribution >= 4 is 6.09 Å². The molecule has 0 saturated heterocycles. The van der Waals surface area contributed by atoms with Crippen LogP contribution in [0.1, 0.15) is 142 Å². The zero-order chi connectivity index (χ0) is 40.0. The zero-order valence-electron chi connectivity index (χ0n) is 36.2. The van der Waals surface area contributed by atoms with Gasteiger partial charge < -0.3 is 30.0 Å². The van der Waals surface area contributed by atoms with Gasteiger partial charge in [0, 0.05) is 37.7 Å². The van der Waals surface area contributed by atoms with Crippen molar-refractivity contribution in [2.75, 3.05) is 39.5 Å². The lowest BCUT2D eigenvalue weighted by Gasteiger charge is -2.65. The van der Waals surface area contributed by atoms with Crippen LogP contribution in [0.2, 0.25) is 0 Å². The fourth-order valence-corrected chi connectivity index (χ4v) is 13.2. The minimum atomic E-state index is -0.348. The number of amides is 1. The molecule has 0 unspecified atom stereocenters. The third kappa shape index (κ3) is 8.75. The topological polar surface area (TPSA) is 92.0 Å². The molecular weight excluding hydrogens is 709 g/mol. The normalized spacial score (nSPS) is 33.4. The van der Waals surface area contributed by atoms with Gasteiger partial charge in [0.2, 0.25) is 0 Å². The summed E-state index contributed by atoms with van der Waals surface area (Å²) in [5.74, 6) is 3.64. The van der Waals surface area contributed by atoms with E-state index in [9.17, 15) is 4.79 Å². The maximum absolute atomic E-state index is 13.0. The van der Waals surface area contributed by atoms with Crippen molar-refractivity contribution in [3.63, 3.8) is 0 Å². The van der Waals surface area contributed by atoms with E-state index in [0.717, 1.165) is 64.7 Å². The first-order valence-electron chi connectivity index (χ1n) is 23.4. The van der Waals surface area contributed by atoms with E-state index in [2.05, 4.69) is 88.5 Å². The number of hydrogen-bond donors (Lipinski definition) is 2. The van der Waals surface area contributed by atoms with E-state index in [1.807, 2.05) is 0 Å². The molecule has 0 heterocycles. The summed E-state index contributed by atoms with van der Waals surface area (Å²) in [5.41, 5.74) is 11.4. The van der Waals surface area contributed by atoms with Crippen LogP contribution < -0.4 is 11.1 Å². The number of nitrogens with one attached hydrogen (secondary N) is 1. The Hall–Kier alpha value is -2.45. The van der Waals surface area contributed by atoms with Gasteiger partial charge in [0.1, 0.15) is 6.61 Å². The molecule has 4 saturated carbocycles. The van der Waals surface area contributed by atoms with Crippen LogP contribution in [-0.2, 0) is 18.9 Å². The molecule has 5 aliphatic carbocycles. The van der Waals surface area contributed by atoms with E-state index in [4.69, 9.17) is 24.7 Å². The van der Waals surface area contributed by atoms with Gasteiger partial charge in [-0.1, -0.05) is 96.0 Å². The summed E-state index contributed by atoms with van der Waals surface area (Å²) in [6.07, 6.45) is 16.6.